The fraction of sp³-hybridized carbons (Fsp3) is 0.714. The van der Waals surface area contributed by atoms with Gasteiger partial charge in [-0.3, -0.25) is 0 Å². The van der Waals surface area contributed by atoms with Crippen LogP contribution in [0, 0.1) is 5.92 Å². The summed E-state index contributed by atoms with van der Waals surface area (Å²) in [4.78, 5) is 10.8. The highest BCUT2D eigenvalue weighted by Crippen LogP contribution is 2.14. The van der Waals surface area contributed by atoms with Gasteiger partial charge in [0.15, 0.2) is 0 Å². The highest BCUT2D eigenvalue weighted by molar-refractivity contribution is 5.47. The molecule has 0 spiro atoms. The molecular weight excluding hydrogens is 238 g/mol. The summed E-state index contributed by atoms with van der Waals surface area (Å²) in [5.74, 6) is 2.59. The second kappa shape index (κ2) is 8.69. The molecule has 1 rings (SSSR count). The predicted octanol–water partition coefficient (Wildman–Crippen LogP) is 1.98. The summed E-state index contributed by atoms with van der Waals surface area (Å²) in [5, 5.41) is 6.45. The van der Waals surface area contributed by atoms with Crippen LogP contribution in [-0.2, 0) is 0 Å². The first kappa shape index (κ1) is 15.7. The minimum Gasteiger partial charge on any atom is -0.370 e. The summed E-state index contributed by atoms with van der Waals surface area (Å²) in [5.41, 5.74) is 0. The van der Waals surface area contributed by atoms with Gasteiger partial charge < -0.3 is 15.5 Å². The van der Waals surface area contributed by atoms with Crippen molar-refractivity contribution < 1.29 is 0 Å². The number of rotatable bonds is 9. The Labute approximate surface area is 116 Å². The normalized spacial score (nSPS) is 10.8. The molecule has 2 N–H and O–H groups in total. The van der Waals surface area contributed by atoms with E-state index in [0.717, 1.165) is 37.7 Å². The lowest BCUT2D eigenvalue weighted by atomic mass is 10.1. The molecule has 0 aliphatic heterocycles. The molecule has 0 saturated carbocycles. The summed E-state index contributed by atoms with van der Waals surface area (Å²) in [6.45, 7) is 7.44. The smallest absolute Gasteiger partial charge is 0.133 e. The number of hydrogen-bond acceptors (Lipinski definition) is 5. The first-order valence-electron chi connectivity index (χ1n) is 7.05. The third-order valence-electron chi connectivity index (χ3n) is 3.00. The number of hydrogen-bond donors (Lipinski definition) is 2. The Bertz CT molecular complexity index is 353. The minimum atomic E-state index is 0.712. The van der Waals surface area contributed by atoms with Crippen LogP contribution in [0.25, 0.3) is 0 Å². The van der Waals surface area contributed by atoms with Crippen molar-refractivity contribution in [1.82, 2.24) is 15.3 Å². The van der Waals surface area contributed by atoms with Crippen molar-refractivity contribution in [2.45, 2.75) is 26.7 Å². The summed E-state index contributed by atoms with van der Waals surface area (Å²) >= 11 is 0. The number of aromatic nitrogens is 2. The maximum absolute atomic E-state index is 4.32. The third-order valence-corrected chi connectivity index (χ3v) is 3.00. The van der Waals surface area contributed by atoms with Crippen LogP contribution < -0.4 is 15.5 Å². The number of nitrogens with zero attached hydrogens (tertiary/aromatic N) is 3. The fourth-order valence-corrected chi connectivity index (χ4v) is 1.70. The van der Waals surface area contributed by atoms with E-state index in [1.165, 1.54) is 6.42 Å². The molecule has 0 fully saturated rings. The molecule has 108 valence electrons. The molecule has 0 bridgehead atoms. The lowest BCUT2D eigenvalue weighted by molar-refractivity contribution is 0.583. The zero-order valence-electron chi connectivity index (χ0n) is 12.6. The summed E-state index contributed by atoms with van der Waals surface area (Å²) in [7, 11) is 4.04. The lowest BCUT2D eigenvalue weighted by Crippen LogP contribution is -2.21. The van der Waals surface area contributed by atoms with E-state index in [0.29, 0.717) is 5.92 Å². The third kappa shape index (κ3) is 6.38. The Balaban J connectivity index is 2.46. The van der Waals surface area contributed by atoms with Crippen molar-refractivity contribution in [3.05, 3.63) is 12.4 Å². The average molecular weight is 265 g/mol. The summed E-state index contributed by atoms with van der Waals surface area (Å²) in [6, 6.07) is 2.01. The van der Waals surface area contributed by atoms with E-state index in [9.17, 15) is 0 Å². The van der Waals surface area contributed by atoms with Gasteiger partial charge in [-0.15, -0.1) is 0 Å². The molecule has 0 aliphatic carbocycles. The van der Waals surface area contributed by atoms with Crippen LogP contribution in [0.4, 0.5) is 11.6 Å². The average Bonchev–Trinajstić information content (AvgIpc) is 2.41. The highest BCUT2D eigenvalue weighted by Gasteiger charge is 2.05. The van der Waals surface area contributed by atoms with E-state index in [2.05, 4.69) is 46.4 Å². The molecule has 19 heavy (non-hydrogen) atoms. The van der Waals surface area contributed by atoms with Crippen LogP contribution in [-0.4, -0.2) is 43.7 Å². The molecule has 0 unspecified atom stereocenters. The molecule has 1 heterocycles. The van der Waals surface area contributed by atoms with Crippen molar-refractivity contribution in [2.24, 2.45) is 5.92 Å². The molecular formula is C14H27N5. The van der Waals surface area contributed by atoms with E-state index < -0.39 is 0 Å². The summed E-state index contributed by atoms with van der Waals surface area (Å²) < 4.78 is 0. The van der Waals surface area contributed by atoms with Crippen molar-refractivity contribution in [1.29, 1.82) is 0 Å². The quantitative estimate of drug-likeness (QED) is 0.669. The van der Waals surface area contributed by atoms with Crippen LogP contribution >= 0.6 is 0 Å². The van der Waals surface area contributed by atoms with Crippen LogP contribution in [0.3, 0.4) is 0 Å². The molecule has 1 aromatic heterocycles. The van der Waals surface area contributed by atoms with Gasteiger partial charge in [0.1, 0.15) is 18.0 Å². The maximum Gasteiger partial charge on any atom is 0.133 e. The fourth-order valence-electron chi connectivity index (χ4n) is 1.70. The maximum atomic E-state index is 4.32. The Morgan fingerprint density at radius 1 is 1.26 bits per heavy atom. The van der Waals surface area contributed by atoms with Gasteiger partial charge in [-0.1, -0.05) is 13.8 Å². The minimum absolute atomic E-state index is 0.712. The standard InChI is InChI=1S/C14H27N5/c1-12(2)6-9-19(4)14-10-13(17-11-18-14)16-8-5-7-15-3/h10-12,15H,5-9H2,1-4H3,(H,16,17,18). The first-order chi connectivity index (χ1) is 9.13. The molecule has 0 radical (unpaired) electrons. The largest absolute Gasteiger partial charge is 0.370 e. The highest BCUT2D eigenvalue weighted by atomic mass is 15.2. The van der Waals surface area contributed by atoms with Gasteiger partial charge in [-0.05, 0) is 32.4 Å². The topological polar surface area (TPSA) is 53.1 Å². The van der Waals surface area contributed by atoms with Gasteiger partial charge in [0.2, 0.25) is 0 Å². The van der Waals surface area contributed by atoms with Crippen LogP contribution in [0.15, 0.2) is 12.4 Å². The van der Waals surface area contributed by atoms with E-state index in [1.54, 1.807) is 6.33 Å². The second-order valence-electron chi connectivity index (χ2n) is 5.25. The lowest BCUT2D eigenvalue weighted by Gasteiger charge is -2.19. The van der Waals surface area contributed by atoms with E-state index in [4.69, 9.17) is 0 Å². The predicted molar refractivity (Wildman–Crippen MR) is 81.8 cm³/mol. The van der Waals surface area contributed by atoms with Crippen LogP contribution in [0.5, 0.6) is 0 Å². The Kier molecular flexibility index (Phi) is 7.18. The van der Waals surface area contributed by atoms with E-state index in [-0.39, 0.29) is 0 Å². The monoisotopic (exact) mass is 265 g/mol. The Morgan fingerprint density at radius 2 is 2.05 bits per heavy atom. The van der Waals surface area contributed by atoms with Crippen molar-refractivity contribution in [3.63, 3.8) is 0 Å². The molecule has 5 heteroatoms. The van der Waals surface area contributed by atoms with Gasteiger partial charge in [0, 0.05) is 26.2 Å². The van der Waals surface area contributed by atoms with Crippen molar-refractivity contribution >= 4 is 11.6 Å². The van der Waals surface area contributed by atoms with Gasteiger partial charge in [0.25, 0.3) is 0 Å². The van der Waals surface area contributed by atoms with E-state index >= 15 is 0 Å². The van der Waals surface area contributed by atoms with Gasteiger partial charge in [-0.25, -0.2) is 9.97 Å². The van der Waals surface area contributed by atoms with Crippen molar-refractivity contribution in [3.8, 4) is 0 Å². The molecule has 0 aromatic carbocycles. The molecule has 0 atom stereocenters. The molecule has 0 saturated heterocycles. The van der Waals surface area contributed by atoms with E-state index in [1.807, 2.05) is 13.1 Å². The molecule has 0 aliphatic rings. The van der Waals surface area contributed by atoms with Crippen LogP contribution in [0.1, 0.15) is 26.7 Å². The Morgan fingerprint density at radius 3 is 2.74 bits per heavy atom. The number of nitrogens with one attached hydrogen (secondary N) is 2. The van der Waals surface area contributed by atoms with Crippen molar-refractivity contribution in [2.75, 3.05) is 43.9 Å². The first-order valence-corrected chi connectivity index (χ1v) is 7.05. The zero-order chi connectivity index (χ0) is 14.1. The van der Waals surface area contributed by atoms with Gasteiger partial charge >= 0.3 is 0 Å². The molecule has 1 aromatic rings. The second-order valence-corrected chi connectivity index (χ2v) is 5.25. The molecule has 0 amide bonds. The molecule has 5 nitrogen and oxygen atoms in total. The zero-order valence-corrected chi connectivity index (χ0v) is 12.6. The SMILES string of the molecule is CNCCCNc1cc(N(C)CCC(C)C)ncn1. The number of anilines is 2. The van der Waals surface area contributed by atoms with Gasteiger partial charge in [0.05, 0.1) is 0 Å². The Hall–Kier alpha value is -1.36. The summed E-state index contributed by atoms with van der Waals surface area (Å²) in [6.07, 6.45) is 3.88. The van der Waals surface area contributed by atoms with Crippen LogP contribution in [0.2, 0.25) is 0 Å². The van der Waals surface area contributed by atoms with Gasteiger partial charge in [-0.2, -0.15) is 0 Å².